The fraction of sp³-hybridized carbons (Fsp3) is 1.00. The third kappa shape index (κ3) is 37.8. The second kappa shape index (κ2) is 33.1. The third-order valence-electron chi connectivity index (χ3n) is 8.72. The molecule has 8 heteroatoms. The molecule has 262 valence electrons. The van der Waals surface area contributed by atoms with Crippen molar-refractivity contribution in [2.45, 2.75) is 218 Å². The highest BCUT2D eigenvalue weighted by Gasteiger charge is 2.33. The fourth-order valence-corrected chi connectivity index (χ4v) is 5.88. The van der Waals surface area contributed by atoms with Crippen molar-refractivity contribution in [3.63, 3.8) is 0 Å². The van der Waals surface area contributed by atoms with Crippen LogP contribution < -0.4 is 0 Å². The zero-order valence-corrected chi connectivity index (χ0v) is 29.3. The second-order valence-corrected chi connectivity index (χ2v) is 13.8. The van der Waals surface area contributed by atoms with E-state index in [4.69, 9.17) is 17.5 Å². The van der Waals surface area contributed by atoms with E-state index in [0.29, 0.717) is 12.8 Å². The van der Waals surface area contributed by atoms with Crippen molar-refractivity contribution in [3.05, 3.63) is 0 Å². The number of aliphatic hydroxyl groups excluding tert-OH is 2. The van der Waals surface area contributed by atoms with E-state index >= 15 is 0 Å². The van der Waals surface area contributed by atoms with Gasteiger partial charge >= 0.3 is 10.4 Å². The Labute approximate surface area is 267 Å². The number of hydrogen-bond acceptors (Lipinski definition) is 5. The lowest BCUT2D eigenvalue weighted by Crippen LogP contribution is -2.44. The van der Waals surface area contributed by atoms with Crippen molar-refractivity contribution in [3.8, 4) is 0 Å². The molecule has 0 spiro atoms. The Kier molecular flexibility index (Phi) is 34.6. The highest BCUT2D eigenvalue weighted by atomic mass is 32.3. The Bertz CT molecular complexity index is 602. The molecule has 0 saturated heterocycles. The summed E-state index contributed by atoms with van der Waals surface area (Å²) in [6.45, 7) is 4.22. The van der Waals surface area contributed by atoms with E-state index in [-0.39, 0.29) is 6.61 Å². The van der Waals surface area contributed by atoms with Crippen LogP contribution in [-0.2, 0) is 10.4 Å². The first-order valence-corrected chi connectivity index (χ1v) is 19.7. The van der Waals surface area contributed by atoms with Crippen LogP contribution in [0.4, 0.5) is 0 Å². The number of aliphatic hydroxyl groups is 3. The van der Waals surface area contributed by atoms with Gasteiger partial charge in [0.15, 0.2) is 0 Å². The molecule has 0 aromatic carbocycles. The smallest absolute Gasteiger partial charge is 0.394 e. The maximum absolute atomic E-state index is 11.1. The van der Waals surface area contributed by atoms with Crippen molar-refractivity contribution in [1.29, 1.82) is 0 Å². The number of rotatable bonds is 32. The minimum Gasteiger partial charge on any atom is -0.394 e. The topological polar surface area (TPSA) is 135 Å². The normalized spacial score (nSPS) is 12.7. The summed E-state index contributed by atoms with van der Waals surface area (Å²) in [5.74, 6) is 0. The van der Waals surface area contributed by atoms with Crippen LogP contribution >= 0.6 is 0 Å². The van der Waals surface area contributed by atoms with E-state index < -0.39 is 22.1 Å². The fourth-order valence-electron chi connectivity index (χ4n) is 5.88. The molecule has 0 saturated carbocycles. The molecule has 1 atom stereocenters. The van der Waals surface area contributed by atoms with Crippen molar-refractivity contribution < 1.29 is 32.8 Å². The molecule has 0 aromatic heterocycles. The highest BCUT2D eigenvalue weighted by molar-refractivity contribution is 7.79. The molecular weight excluding hydrogens is 564 g/mol. The zero-order chi connectivity index (χ0) is 32.5. The molecule has 7 nitrogen and oxygen atoms in total. The predicted octanol–water partition coefficient (Wildman–Crippen LogP) is 10.2. The Balaban J connectivity index is 0. The zero-order valence-electron chi connectivity index (χ0n) is 28.5. The van der Waals surface area contributed by atoms with E-state index in [1.54, 1.807) is 0 Å². The van der Waals surface area contributed by atoms with E-state index in [1.165, 1.54) is 154 Å². The van der Waals surface area contributed by atoms with Crippen LogP contribution in [-0.4, -0.2) is 51.2 Å². The average Bonchev–Trinajstić information content (AvgIpc) is 2.96. The standard InChI is InChI=1S/C35H72O3.H2O4S/c1-3-5-7-9-11-13-15-17-19-21-23-25-27-29-31-35(38,34(37)33-36)32-30-28-26-24-22-20-18-16-14-12-10-8-6-4-2;1-5(2,3)4/h34,36-38H,3-33H2,1-2H3;(H2,1,2,3,4). The van der Waals surface area contributed by atoms with Gasteiger partial charge in [0.1, 0.15) is 6.10 Å². The first-order valence-electron chi connectivity index (χ1n) is 18.3. The third-order valence-corrected chi connectivity index (χ3v) is 8.72. The van der Waals surface area contributed by atoms with E-state index in [0.717, 1.165) is 25.7 Å². The van der Waals surface area contributed by atoms with Gasteiger partial charge in [-0.05, 0) is 12.8 Å². The molecule has 0 bridgehead atoms. The summed E-state index contributed by atoms with van der Waals surface area (Å²) in [7, 11) is -4.67. The van der Waals surface area contributed by atoms with Crippen LogP contribution in [0.15, 0.2) is 0 Å². The van der Waals surface area contributed by atoms with Crippen molar-refractivity contribution in [1.82, 2.24) is 0 Å². The minimum absolute atomic E-state index is 0.340. The molecule has 0 aromatic rings. The molecule has 0 radical (unpaired) electrons. The van der Waals surface area contributed by atoms with Crippen LogP contribution in [0.5, 0.6) is 0 Å². The Morgan fingerprint density at radius 1 is 0.465 bits per heavy atom. The monoisotopic (exact) mass is 639 g/mol. The van der Waals surface area contributed by atoms with E-state index in [2.05, 4.69) is 13.8 Å². The molecule has 0 fully saturated rings. The summed E-state index contributed by atoms with van der Waals surface area (Å²) in [5, 5.41) is 30.8. The van der Waals surface area contributed by atoms with Gasteiger partial charge in [0, 0.05) is 0 Å². The Morgan fingerprint density at radius 2 is 0.651 bits per heavy atom. The lowest BCUT2D eigenvalue weighted by Gasteiger charge is -2.32. The molecule has 0 aliphatic heterocycles. The van der Waals surface area contributed by atoms with E-state index in [1.807, 2.05) is 0 Å². The van der Waals surface area contributed by atoms with Gasteiger partial charge < -0.3 is 15.3 Å². The molecule has 0 aliphatic rings. The van der Waals surface area contributed by atoms with Crippen LogP contribution in [0.3, 0.4) is 0 Å². The summed E-state index contributed by atoms with van der Waals surface area (Å²) in [6, 6.07) is 0. The van der Waals surface area contributed by atoms with Crippen LogP contribution in [0.25, 0.3) is 0 Å². The quantitative estimate of drug-likeness (QED) is 0.0365. The Hall–Kier alpha value is -0.250. The predicted molar refractivity (Wildman–Crippen MR) is 182 cm³/mol. The molecular formula is C35H74O7S. The number of hydrogen-bond donors (Lipinski definition) is 5. The van der Waals surface area contributed by atoms with Gasteiger partial charge in [-0.25, -0.2) is 0 Å². The minimum atomic E-state index is -4.67. The van der Waals surface area contributed by atoms with Crippen LogP contribution in [0, 0.1) is 0 Å². The molecule has 5 N–H and O–H groups in total. The summed E-state index contributed by atoms with van der Waals surface area (Å²) < 4.78 is 31.6. The van der Waals surface area contributed by atoms with Gasteiger partial charge in [-0.3, -0.25) is 9.11 Å². The largest absolute Gasteiger partial charge is 0.394 e. The first kappa shape index (κ1) is 44.9. The molecule has 43 heavy (non-hydrogen) atoms. The second-order valence-electron chi connectivity index (χ2n) is 12.9. The molecule has 0 heterocycles. The maximum Gasteiger partial charge on any atom is 0.394 e. The molecule has 0 amide bonds. The maximum atomic E-state index is 11.1. The lowest BCUT2D eigenvalue weighted by molar-refractivity contribution is -0.106. The summed E-state index contributed by atoms with van der Waals surface area (Å²) in [5.41, 5.74) is -1.11. The summed E-state index contributed by atoms with van der Waals surface area (Å²) in [4.78, 5) is 0. The number of unbranched alkanes of at least 4 members (excludes halogenated alkanes) is 26. The van der Waals surface area contributed by atoms with Gasteiger partial charge in [0.2, 0.25) is 0 Å². The average molecular weight is 639 g/mol. The van der Waals surface area contributed by atoms with Crippen LogP contribution in [0.2, 0.25) is 0 Å². The Morgan fingerprint density at radius 3 is 0.837 bits per heavy atom. The summed E-state index contributed by atoms with van der Waals surface area (Å²) >= 11 is 0. The van der Waals surface area contributed by atoms with Crippen LogP contribution in [0.1, 0.15) is 206 Å². The van der Waals surface area contributed by atoms with Crippen molar-refractivity contribution in [2.75, 3.05) is 6.61 Å². The molecule has 0 aliphatic carbocycles. The van der Waals surface area contributed by atoms with Gasteiger partial charge in [-0.2, -0.15) is 8.42 Å². The van der Waals surface area contributed by atoms with Gasteiger partial charge in [0.25, 0.3) is 0 Å². The SMILES string of the molecule is CCCCCCCCCCCCCCCCC(O)(CCCCCCCCCCCCCCCC)C(O)CO.O=S(=O)(O)O. The first-order chi connectivity index (χ1) is 20.6. The van der Waals surface area contributed by atoms with Gasteiger partial charge in [-0.15, -0.1) is 0 Å². The van der Waals surface area contributed by atoms with Gasteiger partial charge in [-0.1, -0.05) is 194 Å². The highest BCUT2D eigenvalue weighted by Crippen LogP contribution is 2.27. The van der Waals surface area contributed by atoms with Gasteiger partial charge in [0.05, 0.1) is 12.2 Å². The molecule has 0 rings (SSSR count). The molecule has 1 unspecified atom stereocenters. The van der Waals surface area contributed by atoms with Crippen molar-refractivity contribution >= 4 is 10.4 Å². The lowest BCUT2D eigenvalue weighted by atomic mass is 9.85. The summed E-state index contributed by atoms with van der Waals surface area (Å²) in [6.07, 6.45) is 37.1. The van der Waals surface area contributed by atoms with E-state index in [9.17, 15) is 15.3 Å². The van der Waals surface area contributed by atoms with Crippen molar-refractivity contribution in [2.24, 2.45) is 0 Å².